The summed E-state index contributed by atoms with van der Waals surface area (Å²) in [7, 11) is 3.57. The number of rotatable bonds is 14. The number of hydrogen-bond donors (Lipinski definition) is 2. The zero-order chi connectivity index (χ0) is 35.4. The van der Waals surface area contributed by atoms with Gasteiger partial charge in [0.05, 0.1) is 5.69 Å². The number of likely N-dealkylation sites (N-methyl/N-ethyl adjacent to an activating group) is 1. The molecule has 0 saturated carbocycles. The number of hydrogen-bond acceptors (Lipinski definition) is 6. The zero-order valence-corrected chi connectivity index (χ0v) is 29.7. The van der Waals surface area contributed by atoms with Gasteiger partial charge in [-0.05, 0) is 82.3 Å². The quantitative estimate of drug-likeness (QED) is 0.169. The molecule has 4 rings (SSSR count). The molecule has 3 aromatic rings. The van der Waals surface area contributed by atoms with Gasteiger partial charge in [-0.2, -0.15) is 0 Å². The highest BCUT2D eigenvalue weighted by atomic mass is 16.6. The van der Waals surface area contributed by atoms with Gasteiger partial charge in [-0.1, -0.05) is 55.0 Å². The van der Waals surface area contributed by atoms with Gasteiger partial charge in [0.25, 0.3) is 0 Å². The number of carbonyl (C=O) groups excluding carboxylic acids is 2. The Morgan fingerprint density at radius 1 is 0.878 bits per heavy atom. The van der Waals surface area contributed by atoms with Crippen LogP contribution in [0, 0.1) is 0 Å². The molecule has 1 aliphatic heterocycles. The Morgan fingerprint density at radius 3 is 2.18 bits per heavy atom. The first-order valence-electron chi connectivity index (χ1n) is 17.4. The lowest BCUT2D eigenvalue weighted by atomic mass is 9.98. The number of likely N-dealkylation sites (tertiary alicyclic amines) is 1. The molecular formula is C39H53N5O5. The van der Waals surface area contributed by atoms with E-state index in [-0.39, 0.29) is 18.0 Å². The standard InChI is InChI=1S/C39H53N5O5/c1-39(2,3)49-38(48)42(5)32-21-19-31(20-22-32)40-25-13-7-10-18-36(45)41(4)28-29-43-26-23-33(24-27-43)44(37(46)47)35-17-12-11-16-34(35)30-14-8-6-9-15-30/h6,8-9,11-12,14-17,19-22,33,40H,7,10,13,18,23-29H2,1-5H3,(H,46,47). The van der Waals surface area contributed by atoms with Crippen molar-refractivity contribution in [2.75, 3.05) is 61.9 Å². The normalized spacial score (nSPS) is 13.8. The second-order valence-corrected chi connectivity index (χ2v) is 13.7. The lowest BCUT2D eigenvalue weighted by Crippen LogP contribution is -2.48. The highest BCUT2D eigenvalue weighted by Crippen LogP contribution is 2.34. The molecule has 0 spiro atoms. The van der Waals surface area contributed by atoms with Gasteiger partial charge in [0, 0.05) is 76.2 Å². The summed E-state index contributed by atoms with van der Waals surface area (Å²) in [5.41, 5.74) is 3.84. The van der Waals surface area contributed by atoms with E-state index >= 15 is 0 Å². The average Bonchev–Trinajstić information content (AvgIpc) is 3.09. The Labute approximate surface area is 291 Å². The summed E-state index contributed by atoms with van der Waals surface area (Å²) in [4.78, 5) is 44.8. The van der Waals surface area contributed by atoms with E-state index in [1.54, 1.807) is 11.9 Å². The van der Waals surface area contributed by atoms with E-state index in [2.05, 4.69) is 10.2 Å². The van der Waals surface area contributed by atoms with E-state index in [1.807, 2.05) is 112 Å². The minimum atomic E-state index is -0.929. The second kappa shape index (κ2) is 17.7. The number of ether oxygens (including phenoxy) is 1. The van der Waals surface area contributed by atoms with Crippen LogP contribution in [0.5, 0.6) is 0 Å². The number of carboxylic acid groups (broad SMARTS) is 1. The maximum absolute atomic E-state index is 12.8. The number of amides is 3. The Morgan fingerprint density at radius 2 is 1.53 bits per heavy atom. The number of benzene rings is 3. The predicted octanol–water partition coefficient (Wildman–Crippen LogP) is 7.80. The molecule has 1 aliphatic rings. The van der Waals surface area contributed by atoms with E-state index in [1.165, 1.54) is 4.90 Å². The number of para-hydroxylation sites is 1. The van der Waals surface area contributed by atoms with Gasteiger partial charge in [0.15, 0.2) is 0 Å². The van der Waals surface area contributed by atoms with Crippen molar-refractivity contribution in [3.63, 3.8) is 0 Å². The molecule has 0 aliphatic carbocycles. The molecular weight excluding hydrogens is 618 g/mol. The zero-order valence-electron chi connectivity index (χ0n) is 29.7. The lowest BCUT2D eigenvalue weighted by Gasteiger charge is -2.38. The van der Waals surface area contributed by atoms with Gasteiger partial charge in [-0.15, -0.1) is 0 Å². The van der Waals surface area contributed by atoms with Crippen LogP contribution in [0.2, 0.25) is 0 Å². The summed E-state index contributed by atoms with van der Waals surface area (Å²) in [6.45, 7) is 9.36. The molecule has 2 N–H and O–H groups in total. The van der Waals surface area contributed by atoms with Gasteiger partial charge in [-0.3, -0.25) is 14.6 Å². The van der Waals surface area contributed by atoms with E-state index in [0.29, 0.717) is 13.0 Å². The number of unbranched alkanes of at least 4 members (excludes halogenated alkanes) is 2. The maximum Gasteiger partial charge on any atom is 0.414 e. The average molecular weight is 672 g/mol. The van der Waals surface area contributed by atoms with Crippen molar-refractivity contribution < 1.29 is 24.2 Å². The van der Waals surface area contributed by atoms with Crippen molar-refractivity contribution in [3.8, 4) is 11.1 Å². The van der Waals surface area contributed by atoms with E-state index in [9.17, 15) is 19.5 Å². The molecule has 0 aromatic heterocycles. The predicted molar refractivity (Wildman–Crippen MR) is 198 cm³/mol. The third-order valence-electron chi connectivity index (χ3n) is 8.87. The van der Waals surface area contributed by atoms with Crippen LogP contribution >= 0.6 is 0 Å². The summed E-state index contributed by atoms with van der Waals surface area (Å²) >= 11 is 0. The summed E-state index contributed by atoms with van der Waals surface area (Å²) in [5.74, 6) is 0.155. The molecule has 1 fully saturated rings. The van der Waals surface area contributed by atoms with Gasteiger partial charge in [-0.25, -0.2) is 9.59 Å². The lowest BCUT2D eigenvalue weighted by molar-refractivity contribution is -0.130. The van der Waals surface area contributed by atoms with E-state index in [4.69, 9.17) is 4.74 Å². The highest BCUT2D eigenvalue weighted by Gasteiger charge is 2.30. The summed E-state index contributed by atoms with van der Waals surface area (Å²) in [6.07, 6.45) is 3.44. The van der Waals surface area contributed by atoms with Crippen molar-refractivity contribution in [2.45, 2.75) is 70.9 Å². The Balaban J connectivity index is 1.12. The van der Waals surface area contributed by atoms with Gasteiger partial charge in [0.2, 0.25) is 5.91 Å². The Bertz CT molecular complexity index is 1500. The first-order valence-corrected chi connectivity index (χ1v) is 17.4. The SMILES string of the molecule is CN(CCN1CCC(N(C(=O)O)c2ccccc2-c2ccccc2)CC1)C(=O)CCCCCNc1ccc(N(C)C(=O)OC(C)(C)C)cc1. The summed E-state index contributed by atoms with van der Waals surface area (Å²) in [6, 6.07) is 25.2. The minimum absolute atomic E-state index is 0.0994. The molecule has 49 heavy (non-hydrogen) atoms. The topological polar surface area (TPSA) is 106 Å². The Kier molecular flexibility index (Phi) is 13.5. The number of nitrogens with zero attached hydrogens (tertiary/aromatic N) is 4. The van der Waals surface area contributed by atoms with Crippen LogP contribution in [0.15, 0.2) is 78.9 Å². The fourth-order valence-corrected chi connectivity index (χ4v) is 6.06. The van der Waals surface area contributed by atoms with Crippen LogP contribution < -0.4 is 15.1 Å². The number of anilines is 3. The van der Waals surface area contributed by atoms with Crippen LogP contribution in [0.4, 0.5) is 26.7 Å². The van der Waals surface area contributed by atoms with E-state index in [0.717, 1.165) is 86.5 Å². The van der Waals surface area contributed by atoms with Crippen molar-refractivity contribution in [3.05, 3.63) is 78.9 Å². The van der Waals surface area contributed by atoms with E-state index < -0.39 is 11.7 Å². The van der Waals surface area contributed by atoms with Crippen molar-refractivity contribution in [1.29, 1.82) is 0 Å². The first-order chi connectivity index (χ1) is 23.4. The molecule has 0 atom stereocenters. The first kappa shape index (κ1) is 37.3. The number of carbonyl (C=O) groups is 3. The smallest absolute Gasteiger partial charge is 0.414 e. The molecule has 0 unspecified atom stereocenters. The van der Waals surface area contributed by atoms with Crippen molar-refractivity contribution in [2.24, 2.45) is 0 Å². The Hall–Kier alpha value is -4.57. The highest BCUT2D eigenvalue weighted by molar-refractivity contribution is 5.93. The van der Waals surface area contributed by atoms with Gasteiger partial charge >= 0.3 is 12.2 Å². The van der Waals surface area contributed by atoms with Crippen LogP contribution in [0.1, 0.15) is 59.3 Å². The van der Waals surface area contributed by atoms with Crippen molar-refractivity contribution in [1.82, 2.24) is 9.80 Å². The molecule has 0 radical (unpaired) electrons. The maximum atomic E-state index is 12.8. The molecule has 3 amide bonds. The molecule has 0 bridgehead atoms. The summed E-state index contributed by atoms with van der Waals surface area (Å²) in [5, 5.41) is 13.7. The van der Waals surface area contributed by atoms with Crippen LogP contribution in [-0.4, -0.2) is 91.5 Å². The summed E-state index contributed by atoms with van der Waals surface area (Å²) < 4.78 is 5.43. The van der Waals surface area contributed by atoms with Crippen LogP contribution in [0.3, 0.4) is 0 Å². The minimum Gasteiger partial charge on any atom is -0.465 e. The molecule has 1 saturated heterocycles. The third kappa shape index (κ3) is 11.2. The number of piperidine rings is 1. The van der Waals surface area contributed by atoms with Crippen molar-refractivity contribution >= 4 is 35.2 Å². The molecule has 10 heteroatoms. The van der Waals surface area contributed by atoms with Crippen LogP contribution in [0.25, 0.3) is 11.1 Å². The molecule has 264 valence electrons. The monoisotopic (exact) mass is 671 g/mol. The largest absolute Gasteiger partial charge is 0.465 e. The number of nitrogens with one attached hydrogen (secondary N) is 1. The van der Waals surface area contributed by atoms with Gasteiger partial charge in [0.1, 0.15) is 5.60 Å². The third-order valence-corrected chi connectivity index (χ3v) is 8.87. The second-order valence-electron chi connectivity index (χ2n) is 13.7. The van der Waals surface area contributed by atoms with Crippen LogP contribution in [-0.2, 0) is 9.53 Å². The molecule has 1 heterocycles. The fraction of sp³-hybridized carbons (Fsp3) is 0.462. The fourth-order valence-electron chi connectivity index (χ4n) is 6.06. The molecule has 10 nitrogen and oxygen atoms in total. The molecule has 3 aromatic carbocycles. The van der Waals surface area contributed by atoms with Gasteiger partial charge < -0.3 is 25.0 Å².